The van der Waals surface area contributed by atoms with Gasteiger partial charge in [0.15, 0.2) is 0 Å². The van der Waals surface area contributed by atoms with Gasteiger partial charge in [0, 0.05) is 6.54 Å². The zero-order valence-corrected chi connectivity index (χ0v) is 15.4. The lowest BCUT2D eigenvalue weighted by Gasteiger charge is -2.13. The van der Waals surface area contributed by atoms with Crippen molar-refractivity contribution in [2.75, 3.05) is 6.54 Å². The molecule has 29 heavy (non-hydrogen) atoms. The number of carbonyl (C=O) groups excluding carboxylic acids is 1. The third-order valence-electron chi connectivity index (χ3n) is 4.90. The van der Waals surface area contributed by atoms with E-state index in [0.717, 1.165) is 22.3 Å². The number of amides is 1. The molecule has 1 heterocycles. The predicted molar refractivity (Wildman–Crippen MR) is 105 cm³/mol. The van der Waals surface area contributed by atoms with Gasteiger partial charge in [-0.1, -0.05) is 48.5 Å². The van der Waals surface area contributed by atoms with Gasteiger partial charge in [-0.25, -0.2) is 14.0 Å². The summed E-state index contributed by atoms with van der Waals surface area (Å²) in [6.07, 6.45) is -0.821. The Balaban J connectivity index is 1.45. The summed E-state index contributed by atoms with van der Waals surface area (Å²) in [5.74, 6) is -1.30. The van der Waals surface area contributed by atoms with Gasteiger partial charge in [-0.3, -0.25) is 4.90 Å². The van der Waals surface area contributed by atoms with Crippen LogP contribution in [-0.2, 0) is 11.3 Å². The smallest absolute Gasteiger partial charge is 0.410 e. The van der Waals surface area contributed by atoms with Crippen LogP contribution in [-0.4, -0.2) is 28.6 Å². The molecule has 0 aliphatic carbocycles. The lowest BCUT2D eigenvalue weighted by Crippen LogP contribution is -2.23. The number of carbonyl (C=O) groups is 2. The first-order chi connectivity index (χ1) is 14.0. The second kappa shape index (κ2) is 7.75. The lowest BCUT2D eigenvalue weighted by atomic mass is 10.0. The fourth-order valence-corrected chi connectivity index (χ4v) is 3.34. The number of carboxylic acids is 1. The Labute approximate surface area is 167 Å². The van der Waals surface area contributed by atoms with Crippen molar-refractivity contribution in [2.45, 2.75) is 12.6 Å². The van der Waals surface area contributed by atoms with Crippen LogP contribution in [0.3, 0.4) is 0 Å². The van der Waals surface area contributed by atoms with Crippen molar-refractivity contribution in [3.05, 3.63) is 95.3 Å². The molecule has 1 aliphatic heterocycles. The van der Waals surface area contributed by atoms with Crippen LogP contribution >= 0.6 is 0 Å². The molecular weight excluding hydrogens is 373 g/mol. The van der Waals surface area contributed by atoms with E-state index in [0.29, 0.717) is 13.1 Å². The van der Waals surface area contributed by atoms with Gasteiger partial charge >= 0.3 is 12.1 Å². The second-order valence-corrected chi connectivity index (χ2v) is 6.89. The summed E-state index contributed by atoms with van der Waals surface area (Å²) >= 11 is 0. The maximum atomic E-state index is 13.1. The SMILES string of the molecule is O=C(O)c1cccc(-c2ccc(CN3C[C@H](c4ccc(F)cc4)OC3=O)cc2)c1. The minimum Gasteiger partial charge on any atom is -0.478 e. The van der Waals surface area contributed by atoms with E-state index in [1.54, 1.807) is 35.2 Å². The molecule has 0 spiro atoms. The molecule has 3 aromatic carbocycles. The van der Waals surface area contributed by atoms with Crippen LogP contribution < -0.4 is 0 Å². The van der Waals surface area contributed by atoms with E-state index in [4.69, 9.17) is 9.84 Å². The summed E-state index contributed by atoms with van der Waals surface area (Å²) in [6, 6.07) is 20.3. The summed E-state index contributed by atoms with van der Waals surface area (Å²) in [5, 5.41) is 9.13. The third kappa shape index (κ3) is 4.11. The second-order valence-electron chi connectivity index (χ2n) is 6.89. The van der Waals surface area contributed by atoms with Gasteiger partial charge in [0.25, 0.3) is 0 Å². The molecule has 1 saturated heterocycles. The van der Waals surface area contributed by atoms with Crippen molar-refractivity contribution in [1.82, 2.24) is 4.90 Å². The van der Waals surface area contributed by atoms with E-state index in [1.165, 1.54) is 12.1 Å². The molecule has 6 heteroatoms. The Kier molecular flexibility index (Phi) is 4.99. The summed E-state index contributed by atoms with van der Waals surface area (Å²) in [4.78, 5) is 24.9. The number of rotatable bonds is 5. The van der Waals surface area contributed by atoms with Gasteiger partial charge in [-0.2, -0.15) is 0 Å². The summed E-state index contributed by atoms with van der Waals surface area (Å²) in [5.41, 5.74) is 3.63. The Hall–Kier alpha value is -3.67. The number of carboxylic acid groups (broad SMARTS) is 1. The number of halogens is 1. The largest absolute Gasteiger partial charge is 0.478 e. The van der Waals surface area contributed by atoms with Crippen molar-refractivity contribution in [2.24, 2.45) is 0 Å². The molecule has 3 aromatic rings. The maximum absolute atomic E-state index is 13.1. The van der Waals surface area contributed by atoms with E-state index in [1.807, 2.05) is 30.3 Å². The first-order valence-electron chi connectivity index (χ1n) is 9.13. The number of ether oxygens (including phenoxy) is 1. The molecule has 1 amide bonds. The Morgan fingerprint density at radius 1 is 1.03 bits per heavy atom. The van der Waals surface area contributed by atoms with Gasteiger partial charge in [0.1, 0.15) is 11.9 Å². The van der Waals surface area contributed by atoms with Gasteiger partial charge in [0.05, 0.1) is 12.1 Å². The number of nitrogens with zero attached hydrogens (tertiary/aromatic N) is 1. The molecule has 146 valence electrons. The zero-order valence-electron chi connectivity index (χ0n) is 15.4. The molecule has 1 aliphatic rings. The van der Waals surface area contributed by atoms with E-state index in [2.05, 4.69) is 0 Å². The molecule has 1 fully saturated rings. The standard InChI is InChI=1S/C23H18FNO4/c24-20-10-8-17(9-11-20)21-14-25(23(28)29-21)13-15-4-6-16(7-5-15)18-2-1-3-19(12-18)22(26)27/h1-12,21H,13-14H2,(H,26,27)/t21-/m1/s1. The first kappa shape index (κ1) is 18.7. The van der Waals surface area contributed by atoms with Gasteiger partial charge in [-0.05, 0) is 46.5 Å². The Morgan fingerprint density at radius 2 is 1.76 bits per heavy atom. The monoisotopic (exact) mass is 391 g/mol. The highest BCUT2D eigenvalue weighted by atomic mass is 19.1. The average Bonchev–Trinajstić information content (AvgIpc) is 3.09. The lowest BCUT2D eigenvalue weighted by molar-refractivity contribution is 0.0697. The van der Waals surface area contributed by atoms with Crippen molar-refractivity contribution in [1.29, 1.82) is 0 Å². The minimum absolute atomic E-state index is 0.234. The first-order valence-corrected chi connectivity index (χ1v) is 9.13. The molecule has 0 bridgehead atoms. The highest BCUT2D eigenvalue weighted by molar-refractivity contribution is 5.89. The number of hydrogen-bond acceptors (Lipinski definition) is 3. The van der Waals surface area contributed by atoms with E-state index in [-0.39, 0.29) is 11.4 Å². The molecular formula is C23H18FNO4. The quantitative estimate of drug-likeness (QED) is 0.673. The van der Waals surface area contributed by atoms with Crippen LogP contribution in [0, 0.1) is 5.82 Å². The highest BCUT2D eigenvalue weighted by Crippen LogP contribution is 2.28. The normalized spacial score (nSPS) is 16.0. The number of benzene rings is 3. The molecule has 0 radical (unpaired) electrons. The average molecular weight is 391 g/mol. The Morgan fingerprint density at radius 3 is 2.45 bits per heavy atom. The van der Waals surface area contributed by atoms with Crippen LogP contribution in [0.4, 0.5) is 9.18 Å². The summed E-state index contributed by atoms with van der Waals surface area (Å²) < 4.78 is 18.5. The molecule has 0 saturated carbocycles. The van der Waals surface area contributed by atoms with Crippen LogP contribution in [0.15, 0.2) is 72.8 Å². The fourth-order valence-electron chi connectivity index (χ4n) is 3.34. The Bertz CT molecular complexity index is 1050. The maximum Gasteiger partial charge on any atom is 0.410 e. The fraction of sp³-hybridized carbons (Fsp3) is 0.130. The molecule has 5 nitrogen and oxygen atoms in total. The van der Waals surface area contributed by atoms with E-state index >= 15 is 0 Å². The topological polar surface area (TPSA) is 66.8 Å². The van der Waals surface area contributed by atoms with Crippen molar-refractivity contribution in [3.8, 4) is 11.1 Å². The molecule has 0 aromatic heterocycles. The zero-order chi connectivity index (χ0) is 20.4. The summed E-state index contributed by atoms with van der Waals surface area (Å²) in [7, 11) is 0. The molecule has 1 atom stereocenters. The molecule has 4 rings (SSSR count). The minimum atomic E-state index is -0.966. The summed E-state index contributed by atoms with van der Waals surface area (Å²) in [6.45, 7) is 0.791. The third-order valence-corrected chi connectivity index (χ3v) is 4.90. The van der Waals surface area contributed by atoms with Gasteiger partial charge in [0.2, 0.25) is 0 Å². The van der Waals surface area contributed by atoms with Crippen molar-refractivity contribution in [3.63, 3.8) is 0 Å². The number of aromatic carboxylic acids is 1. The van der Waals surface area contributed by atoms with Crippen LogP contribution in [0.2, 0.25) is 0 Å². The van der Waals surface area contributed by atoms with Gasteiger partial charge in [-0.15, -0.1) is 0 Å². The van der Waals surface area contributed by atoms with Crippen LogP contribution in [0.1, 0.15) is 27.6 Å². The van der Waals surface area contributed by atoms with Gasteiger partial charge < -0.3 is 9.84 Å². The van der Waals surface area contributed by atoms with Crippen molar-refractivity contribution >= 4 is 12.1 Å². The van der Waals surface area contributed by atoms with Crippen LogP contribution in [0.5, 0.6) is 0 Å². The highest BCUT2D eigenvalue weighted by Gasteiger charge is 2.32. The molecule has 0 unspecified atom stereocenters. The predicted octanol–water partition coefficient (Wildman–Crippen LogP) is 4.88. The number of hydrogen-bond donors (Lipinski definition) is 1. The van der Waals surface area contributed by atoms with E-state index in [9.17, 15) is 14.0 Å². The van der Waals surface area contributed by atoms with Crippen molar-refractivity contribution < 1.29 is 23.8 Å². The molecule has 1 N–H and O–H groups in total. The van der Waals surface area contributed by atoms with E-state index < -0.39 is 18.2 Å². The number of cyclic esters (lactones) is 1. The van der Waals surface area contributed by atoms with Crippen LogP contribution in [0.25, 0.3) is 11.1 Å².